The molecule has 0 bridgehead atoms. The largest absolute Gasteiger partial charge is 0.394 e. The summed E-state index contributed by atoms with van der Waals surface area (Å²) in [6.45, 7) is -0.154. The van der Waals surface area contributed by atoms with Gasteiger partial charge in [0.05, 0.1) is 23.8 Å². The second-order valence-electron chi connectivity index (χ2n) is 7.26. The SMILES string of the molecule is O=C(N[C@H]1CC[C@H](CCNS(=O)(=O)c2ccccc2Cl)O[C@H]1CO)c1ccc(F)cc1. The zero-order chi connectivity index (χ0) is 22.4. The molecule has 0 saturated carbocycles. The van der Waals surface area contributed by atoms with Gasteiger partial charge >= 0.3 is 0 Å². The number of sulfonamides is 1. The van der Waals surface area contributed by atoms with Gasteiger partial charge in [-0.15, -0.1) is 0 Å². The highest BCUT2D eigenvalue weighted by Gasteiger charge is 2.32. The van der Waals surface area contributed by atoms with Crippen molar-refractivity contribution in [1.82, 2.24) is 10.0 Å². The van der Waals surface area contributed by atoms with E-state index in [1.54, 1.807) is 12.1 Å². The molecule has 0 aromatic heterocycles. The fourth-order valence-electron chi connectivity index (χ4n) is 3.46. The van der Waals surface area contributed by atoms with Gasteiger partial charge in [-0.3, -0.25) is 4.79 Å². The number of amides is 1. The number of hydrogen-bond donors (Lipinski definition) is 3. The fraction of sp³-hybridized carbons (Fsp3) is 0.381. The van der Waals surface area contributed by atoms with Crippen molar-refractivity contribution < 1.29 is 27.4 Å². The first-order valence-corrected chi connectivity index (χ1v) is 11.7. The van der Waals surface area contributed by atoms with Crippen LogP contribution in [0.5, 0.6) is 0 Å². The Bertz CT molecular complexity index is 1000. The Balaban J connectivity index is 1.51. The van der Waals surface area contributed by atoms with Crippen LogP contribution < -0.4 is 10.0 Å². The third-order valence-electron chi connectivity index (χ3n) is 5.10. The number of ether oxygens (including phenoxy) is 1. The number of hydrogen-bond acceptors (Lipinski definition) is 5. The molecule has 1 saturated heterocycles. The van der Waals surface area contributed by atoms with Gasteiger partial charge in [0.2, 0.25) is 10.0 Å². The van der Waals surface area contributed by atoms with Gasteiger partial charge in [0.15, 0.2) is 0 Å². The molecule has 168 valence electrons. The van der Waals surface area contributed by atoms with Crippen LogP contribution in [0.1, 0.15) is 29.6 Å². The topological polar surface area (TPSA) is 105 Å². The van der Waals surface area contributed by atoms with Crippen molar-refractivity contribution in [3.63, 3.8) is 0 Å². The van der Waals surface area contributed by atoms with Crippen LogP contribution in [0.15, 0.2) is 53.4 Å². The third kappa shape index (κ3) is 6.24. The highest BCUT2D eigenvalue weighted by molar-refractivity contribution is 7.89. The number of carbonyl (C=O) groups is 1. The minimum atomic E-state index is -3.74. The summed E-state index contributed by atoms with van der Waals surface area (Å²) in [6.07, 6.45) is 0.644. The van der Waals surface area contributed by atoms with Crippen molar-refractivity contribution in [3.05, 3.63) is 64.9 Å². The molecule has 1 aliphatic heterocycles. The van der Waals surface area contributed by atoms with Gasteiger partial charge in [0, 0.05) is 12.1 Å². The Morgan fingerprint density at radius 3 is 2.55 bits per heavy atom. The van der Waals surface area contributed by atoms with E-state index in [9.17, 15) is 22.7 Å². The van der Waals surface area contributed by atoms with Crippen molar-refractivity contribution in [3.8, 4) is 0 Å². The maximum Gasteiger partial charge on any atom is 0.251 e. The van der Waals surface area contributed by atoms with E-state index < -0.39 is 28.0 Å². The predicted molar refractivity (Wildman–Crippen MR) is 114 cm³/mol. The summed E-state index contributed by atoms with van der Waals surface area (Å²) in [5.41, 5.74) is 0.314. The molecule has 3 atom stereocenters. The van der Waals surface area contributed by atoms with E-state index in [2.05, 4.69) is 10.0 Å². The van der Waals surface area contributed by atoms with Crippen molar-refractivity contribution >= 4 is 27.5 Å². The second-order valence-corrected chi connectivity index (χ2v) is 9.40. The Kier molecular flexibility index (Phi) is 8.01. The van der Waals surface area contributed by atoms with Crippen LogP contribution in [-0.2, 0) is 14.8 Å². The number of carbonyl (C=O) groups excluding carboxylic acids is 1. The number of aliphatic hydroxyl groups excluding tert-OH is 1. The Hall–Kier alpha value is -2.04. The smallest absolute Gasteiger partial charge is 0.251 e. The number of halogens is 2. The van der Waals surface area contributed by atoms with E-state index in [0.717, 1.165) is 0 Å². The fourth-order valence-corrected chi connectivity index (χ4v) is 5.02. The van der Waals surface area contributed by atoms with Crippen molar-refractivity contribution in [2.24, 2.45) is 0 Å². The maximum atomic E-state index is 13.0. The molecule has 1 heterocycles. The monoisotopic (exact) mass is 470 g/mol. The minimum absolute atomic E-state index is 0.0121. The highest BCUT2D eigenvalue weighted by Crippen LogP contribution is 2.23. The highest BCUT2D eigenvalue weighted by atomic mass is 35.5. The maximum absolute atomic E-state index is 13.0. The molecule has 1 fully saturated rings. The molecule has 1 aliphatic rings. The number of nitrogens with one attached hydrogen (secondary N) is 2. The van der Waals surface area contributed by atoms with Crippen molar-refractivity contribution in [2.45, 2.75) is 42.4 Å². The molecule has 0 spiro atoms. The van der Waals surface area contributed by atoms with Crippen molar-refractivity contribution in [1.29, 1.82) is 0 Å². The molecular formula is C21H24ClFN2O5S. The first-order valence-electron chi connectivity index (χ1n) is 9.87. The molecule has 7 nitrogen and oxygen atoms in total. The first-order chi connectivity index (χ1) is 14.8. The molecule has 1 amide bonds. The average molecular weight is 471 g/mol. The lowest BCUT2D eigenvalue weighted by Gasteiger charge is -2.36. The van der Waals surface area contributed by atoms with Crippen LogP contribution in [0, 0.1) is 5.82 Å². The minimum Gasteiger partial charge on any atom is -0.394 e. The summed E-state index contributed by atoms with van der Waals surface area (Å²) in [6, 6.07) is 11.0. The Labute approximate surface area is 185 Å². The van der Waals surface area contributed by atoms with E-state index >= 15 is 0 Å². The normalized spacial score (nSPS) is 21.6. The molecular weight excluding hydrogens is 447 g/mol. The lowest BCUT2D eigenvalue weighted by Crippen LogP contribution is -2.51. The van der Waals surface area contributed by atoms with Gasteiger partial charge in [-0.1, -0.05) is 23.7 Å². The van der Waals surface area contributed by atoms with Crippen LogP contribution in [-0.4, -0.2) is 50.8 Å². The van der Waals surface area contributed by atoms with Gasteiger partial charge in [-0.25, -0.2) is 17.5 Å². The molecule has 3 rings (SSSR count). The number of rotatable bonds is 8. The summed E-state index contributed by atoms with van der Waals surface area (Å²) in [4.78, 5) is 12.4. The van der Waals surface area contributed by atoms with E-state index in [1.807, 2.05) is 0 Å². The molecule has 0 radical (unpaired) electrons. The van der Waals surface area contributed by atoms with E-state index in [0.29, 0.717) is 24.8 Å². The zero-order valence-corrected chi connectivity index (χ0v) is 18.2. The Morgan fingerprint density at radius 2 is 1.87 bits per heavy atom. The van der Waals surface area contributed by atoms with Crippen LogP contribution in [0.2, 0.25) is 5.02 Å². The molecule has 3 N–H and O–H groups in total. The average Bonchev–Trinajstić information content (AvgIpc) is 2.75. The lowest BCUT2D eigenvalue weighted by atomic mass is 9.97. The quantitative estimate of drug-likeness (QED) is 0.549. The summed E-state index contributed by atoms with van der Waals surface area (Å²) >= 11 is 5.96. The second kappa shape index (κ2) is 10.5. The molecule has 2 aromatic carbocycles. The molecule has 10 heteroatoms. The number of benzene rings is 2. The molecule has 2 aromatic rings. The van der Waals surface area contributed by atoms with Crippen LogP contribution in [0.4, 0.5) is 4.39 Å². The van der Waals surface area contributed by atoms with Crippen LogP contribution >= 0.6 is 11.6 Å². The molecule has 31 heavy (non-hydrogen) atoms. The van der Waals surface area contributed by atoms with E-state index in [1.165, 1.54) is 36.4 Å². The zero-order valence-electron chi connectivity index (χ0n) is 16.6. The molecule has 0 aliphatic carbocycles. The standard InChI is InChI=1S/C21H24ClFN2O5S/c22-17-3-1-2-4-20(17)31(28,29)24-12-11-16-9-10-18(19(13-26)30-16)25-21(27)14-5-7-15(23)8-6-14/h1-8,16,18-19,24,26H,9-13H2,(H,25,27)/t16-,18+,19+/m1/s1. The van der Waals surface area contributed by atoms with E-state index in [4.69, 9.17) is 16.3 Å². The van der Waals surface area contributed by atoms with Crippen molar-refractivity contribution in [2.75, 3.05) is 13.2 Å². The summed E-state index contributed by atoms with van der Waals surface area (Å²) in [5.74, 6) is -0.809. The summed E-state index contributed by atoms with van der Waals surface area (Å²) in [7, 11) is -3.74. The van der Waals surface area contributed by atoms with Crippen LogP contribution in [0.3, 0.4) is 0 Å². The molecule has 0 unspecified atom stereocenters. The summed E-state index contributed by atoms with van der Waals surface area (Å²) in [5, 5.41) is 12.6. The van der Waals surface area contributed by atoms with Gasteiger partial charge in [-0.2, -0.15) is 0 Å². The van der Waals surface area contributed by atoms with Gasteiger partial charge < -0.3 is 15.2 Å². The van der Waals surface area contributed by atoms with Gasteiger partial charge in [-0.05, 0) is 55.7 Å². The number of aliphatic hydroxyl groups is 1. The van der Waals surface area contributed by atoms with Crippen LogP contribution in [0.25, 0.3) is 0 Å². The Morgan fingerprint density at radius 1 is 1.16 bits per heavy atom. The summed E-state index contributed by atoms with van der Waals surface area (Å²) < 4.78 is 46.2. The van der Waals surface area contributed by atoms with E-state index in [-0.39, 0.29) is 35.1 Å². The van der Waals surface area contributed by atoms with Gasteiger partial charge in [0.25, 0.3) is 5.91 Å². The predicted octanol–water partition coefficient (Wildman–Crippen LogP) is 2.49. The third-order valence-corrected chi connectivity index (χ3v) is 7.06. The van der Waals surface area contributed by atoms with Gasteiger partial charge in [0.1, 0.15) is 16.8 Å². The lowest BCUT2D eigenvalue weighted by molar-refractivity contribution is -0.0891. The first kappa shape index (κ1) is 23.6.